The number of aromatic nitrogens is 1. The molecule has 0 saturated heterocycles. The first-order valence-electron chi connectivity index (χ1n) is 7.08. The molecule has 2 aromatic rings. The van der Waals surface area contributed by atoms with E-state index in [4.69, 9.17) is 4.42 Å². The molecule has 1 aliphatic carbocycles. The van der Waals surface area contributed by atoms with Crippen molar-refractivity contribution in [2.45, 2.75) is 32.1 Å². The first-order chi connectivity index (χ1) is 9.36. The highest BCUT2D eigenvalue weighted by atomic mass is 16.4. The first-order valence-corrected chi connectivity index (χ1v) is 7.08. The van der Waals surface area contributed by atoms with Crippen LogP contribution < -0.4 is 5.32 Å². The van der Waals surface area contributed by atoms with Gasteiger partial charge in [-0.25, -0.2) is 4.98 Å². The lowest BCUT2D eigenvalue weighted by Gasteiger charge is -2.01. The molecule has 3 rings (SSSR count). The summed E-state index contributed by atoms with van der Waals surface area (Å²) in [5.74, 6) is 1.74. The van der Waals surface area contributed by atoms with Crippen molar-refractivity contribution < 1.29 is 4.42 Å². The van der Waals surface area contributed by atoms with Crippen LogP contribution in [-0.2, 0) is 19.3 Å². The van der Waals surface area contributed by atoms with Crippen molar-refractivity contribution in [3.8, 4) is 11.3 Å². The third kappa shape index (κ3) is 2.71. The van der Waals surface area contributed by atoms with Gasteiger partial charge in [0.15, 0.2) is 11.7 Å². The Bertz CT molecular complexity index is 560. The summed E-state index contributed by atoms with van der Waals surface area (Å²) in [6.07, 6.45) is 7.51. The van der Waals surface area contributed by atoms with Crippen LogP contribution in [0.4, 0.5) is 0 Å². The van der Waals surface area contributed by atoms with Crippen LogP contribution in [0.15, 0.2) is 28.8 Å². The van der Waals surface area contributed by atoms with Gasteiger partial charge in [-0.1, -0.05) is 12.1 Å². The second-order valence-corrected chi connectivity index (χ2v) is 5.16. The zero-order valence-corrected chi connectivity index (χ0v) is 11.4. The highest BCUT2D eigenvalue weighted by Crippen LogP contribution is 2.28. The minimum atomic E-state index is 0.839. The van der Waals surface area contributed by atoms with E-state index in [2.05, 4.69) is 28.5 Å². The van der Waals surface area contributed by atoms with Crippen molar-refractivity contribution >= 4 is 0 Å². The molecule has 0 fully saturated rings. The number of oxazole rings is 1. The third-order valence-electron chi connectivity index (χ3n) is 3.75. The van der Waals surface area contributed by atoms with Crippen molar-refractivity contribution in [1.29, 1.82) is 0 Å². The Morgan fingerprint density at radius 3 is 3.05 bits per heavy atom. The van der Waals surface area contributed by atoms with Crippen LogP contribution in [0.25, 0.3) is 11.3 Å². The SMILES string of the molecule is CNCCCc1ncc(-c2ccc3c(c2)CCC3)o1. The van der Waals surface area contributed by atoms with Gasteiger partial charge in [0.05, 0.1) is 6.20 Å². The van der Waals surface area contributed by atoms with E-state index in [0.717, 1.165) is 36.6 Å². The number of aryl methyl sites for hydroxylation is 3. The van der Waals surface area contributed by atoms with Crippen LogP contribution in [0.1, 0.15) is 29.9 Å². The summed E-state index contributed by atoms with van der Waals surface area (Å²) in [6, 6.07) is 6.66. The van der Waals surface area contributed by atoms with Crippen LogP contribution in [0, 0.1) is 0 Å². The summed E-state index contributed by atoms with van der Waals surface area (Å²) in [5, 5.41) is 3.14. The second-order valence-electron chi connectivity index (χ2n) is 5.16. The molecule has 0 atom stereocenters. The van der Waals surface area contributed by atoms with Gasteiger partial charge in [-0.15, -0.1) is 0 Å². The number of rotatable bonds is 5. The molecule has 100 valence electrons. The second kappa shape index (κ2) is 5.57. The van der Waals surface area contributed by atoms with Crippen molar-refractivity contribution in [1.82, 2.24) is 10.3 Å². The van der Waals surface area contributed by atoms with Gasteiger partial charge in [0, 0.05) is 12.0 Å². The molecule has 0 amide bonds. The molecule has 3 heteroatoms. The summed E-state index contributed by atoms with van der Waals surface area (Å²) in [6.45, 7) is 0.997. The molecule has 0 radical (unpaired) electrons. The summed E-state index contributed by atoms with van der Waals surface area (Å²) in [5.41, 5.74) is 4.14. The Morgan fingerprint density at radius 2 is 2.16 bits per heavy atom. The fourth-order valence-corrected chi connectivity index (χ4v) is 2.70. The van der Waals surface area contributed by atoms with E-state index in [1.807, 2.05) is 13.2 Å². The summed E-state index contributed by atoms with van der Waals surface area (Å²) < 4.78 is 5.84. The van der Waals surface area contributed by atoms with Gasteiger partial charge in [0.25, 0.3) is 0 Å². The fraction of sp³-hybridized carbons (Fsp3) is 0.438. The van der Waals surface area contributed by atoms with Crippen LogP contribution in [-0.4, -0.2) is 18.6 Å². The predicted octanol–water partition coefficient (Wildman–Crippen LogP) is 2.98. The maximum Gasteiger partial charge on any atom is 0.194 e. The highest BCUT2D eigenvalue weighted by molar-refractivity contribution is 5.59. The van der Waals surface area contributed by atoms with E-state index in [1.54, 1.807) is 0 Å². The third-order valence-corrected chi connectivity index (χ3v) is 3.75. The molecule has 3 nitrogen and oxygen atoms in total. The van der Waals surface area contributed by atoms with E-state index < -0.39 is 0 Å². The van der Waals surface area contributed by atoms with Gasteiger partial charge < -0.3 is 9.73 Å². The van der Waals surface area contributed by atoms with Crippen molar-refractivity contribution in [2.75, 3.05) is 13.6 Å². The molecular formula is C16H20N2O. The fourth-order valence-electron chi connectivity index (χ4n) is 2.70. The van der Waals surface area contributed by atoms with Gasteiger partial charge >= 0.3 is 0 Å². The number of fused-ring (bicyclic) bond motifs is 1. The van der Waals surface area contributed by atoms with Crippen LogP contribution in [0.3, 0.4) is 0 Å². The van der Waals surface area contributed by atoms with Crippen molar-refractivity contribution in [2.24, 2.45) is 0 Å². The van der Waals surface area contributed by atoms with E-state index in [1.165, 1.54) is 30.4 Å². The zero-order valence-electron chi connectivity index (χ0n) is 11.4. The van der Waals surface area contributed by atoms with E-state index >= 15 is 0 Å². The molecule has 19 heavy (non-hydrogen) atoms. The van der Waals surface area contributed by atoms with Gasteiger partial charge in [0.1, 0.15) is 0 Å². The van der Waals surface area contributed by atoms with Crippen LogP contribution >= 0.6 is 0 Å². The van der Waals surface area contributed by atoms with Gasteiger partial charge in [-0.3, -0.25) is 0 Å². The van der Waals surface area contributed by atoms with Gasteiger partial charge in [-0.2, -0.15) is 0 Å². The predicted molar refractivity (Wildman–Crippen MR) is 76.2 cm³/mol. The lowest BCUT2D eigenvalue weighted by atomic mass is 10.1. The van der Waals surface area contributed by atoms with Gasteiger partial charge in [-0.05, 0) is 56.5 Å². The highest BCUT2D eigenvalue weighted by Gasteiger charge is 2.13. The lowest BCUT2D eigenvalue weighted by molar-refractivity contribution is 0.495. The maximum absolute atomic E-state index is 5.84. The molecular weight excluding hydrogens is 236 g/mol. The summed E-state index contributed by atoms with van der Waals surface area (Å²) in [7, 11) is 1.96. The largest absolute Gasteiger partial charge is 0.441 e. The Balaban J connectivity index is 1.75. The van der Waals surface area contributed by atoms with E-state index in [-0.39, 0.29) is 0 Å². The quantitative estimate of drug-likeness (QED) is 0.836. The molecule has 1 aromatic carbocycles. The molecule has 1 N–H and O–H groups in total. The normalized spacial score (nSPS) is 13.7. The average molecular weight is 256 g/mol. The van der Waals surface area contributed by atoms with Crippen molar-refractivity contribution in [3.05, 3.63) is 41.4 Å². The van der Waals surface area contributed by atoms with E-state index in [9.17, 15) is 0 Å². The molecule has 0 bridgehead atoms. The standard InChI is InChI=1S/C16H20N2O/c1-17-9-3-6-16-18-11-15(19-16)14-8-7-12-4-2-5-13(12)10-14/h7-8,10-11,17H,2-6,9H2,1H3. The zero-order chi connectivity index (χ0) is 13.1. The molecule has 0 aliphatic heterocycles. The first kappa shape index (κ1) is 12.4. The average Bonchev–Trinajstić information content (AvgIpc) is 3.06. The van der Waals surface area contributed by atoms with Crippen LogP contribution in [0.2, 0.25) is 0 Å². The Labute approximate surface area is 114 Å². The van der Waals surface area contributed by atoms with Crippen LogP contribution in [0.5, 0.6) is 0 Å². The topological polar surface area (TPSA) is 38.1 Å². The number of nitrogens with zero attached hydrogens (tertiary/aromatic N) is 1. The minimum Gasteiger partial charge on any atom is -0.441 e. The Morgan fingerprint density at radius 1 is 1.26 bits per heavy atom. The van der Waals surface area contributed by atoms with E-state index in [0.29, 0.717) is 0 Å². The monoisotopic (exact) mass is 256 g/mol. The number of hydrogen-bond acceptors (Lipinski definition) is 3. The minimum absolute atomic E-state index is 0.839. The molecule has 1 aliphatic rings. The molecule has 1 aromatic heterocycles. The molecule has 0 unspecified atom stereocenters. The smallest absolute Gasteiger partial charge is 0.194 e. The Kier molecular flexibility index (Phi) is 3.65. The number of hydrogen-bond donors (Lipinski definition) is 1. The summed E-state index contributed by atoms with van der Waals surface area (Å²) in [4.78, 5) is 4.36. The number of benzene rings is 1. The number of nitrogens with one attached hydrogen (secondary N) is 1. The molecule has 1 heterocycles. The molecule has 0 spiro atoms. The summed E-state index contributed by atoms with van der Waals surface area (Å²) >= 11 is 0. The Hall–Kier alpha value is -1.61. The van der Waals surface area contributed by atoms with Gasteiger partial charge in [0.2, 0.25) is 0 Å². The molecule has 0 saturated carbocycles. The van der Waals surface area contributed by atoms with Crippen molar-refractivity contribution in [3.63, 3.8) is 0 Å². The lowest BCUT2D eigenvalue weighted by Crippen LogP contribution is -2.08. The maximum atomic E-state index is 5.84.